The quantitative estimate of drug-likeness (QED) is 0.816. The van der Waals surface area contributed by atoms with Crippen molar-refractivity contribution in [1.82, 2.24) is 10.3 Å². The first-order valence-electron chi connectivity index (χ1n) is 5.42. The predicted octanol–water partition coefficient (Wildman–Crippen LogP) is 3.94. The number of benzene rings is 1. The van der Waals surface area contributed by atoms with E-state index in [4.69, 9.17) is 0 Å². The lowest BCUT2D eigenvalue weighted by atomic mass is 10.1. The summed E-state index contributed by atoms with van der Waals surface area (Å²) in [5.74, 6) is 0. The molecule has 0 amide bonds. The van der Waals surface area contributed by atoms with Crippen LogP contribution in [0.1, 0.15) is 5.56 Å². The third-order valence-electron chi connectivity index (χ3n) is 2.74. The first kappa shape index (κ1) is 10.4. The Kier molecular flexibility index (Phi) is 2.61. The van der Waals surface area contributed by atoms with Crippen molar-refractivity contribution >= 4 is 32.5 Å². The van der Waals surface area contributed by atoms with E-state index in [2.05, 4.69) is 50.5 Å². The van der Waals surface area contributed by atoms with E-state index in [1.165, 1.54) is 10.9 Å². The van der Waals surface area contributed by atoms with E-state index in [0.717, 1.165) is 15.7 Å². The average molecular weight is 287 g/mol. The number of aromatic nitrogens is 1. The number of nitrogens with one attached hydrogen (secondary N) is 2. The lowest BCUT2D eigenvalue weighted by Crippen LogP contribution is -2.03. The van der Waals surface area contributed by atoms with Crippen LogP contribution in [0.25, 0.3) is 16.6 Å². The molecule has 0 unspecified atom stereocenters. The van der Waals surface area contributed by atoms with Gasteiger partial charge in [-0.25, -0.2) is 0 Å². The summed E-state index contributed by atoms with van der Waals surface area (Å²) in [6.45, 7) is 0. The fourth-order valence-corrected chi connectivity index (χ4v) is 2.44. The van der Waals surface area contributed by atoms with Gasteiger partial charge in [0.25, 0.3) is 0 Å². The van der Waals surface area contributed by atoms with Crippen molar-refractivity contribution in [3.63, 3.8) is 0 Å². The van der Waals surface area contributed by atoms with E-state index in [0.29, 0.717) is 0 Å². The summed E-state index contributed by atoms with van der Waals surface area (Å²) in [6.07, 6.45) is 12.0. The fraction of sp³-hybridized carbons (Fsp3) is 0. The van der Waals surface area contributed by atoms with Gasteiger partial charge in [-0.15, -0.1) is 0 Å². The normalized spacial score (nSPS) is 14.5. The summed E-state index contributed by atoms with van der Waals surface area (Å²) in [6, 6.07) is 6.31. The Balaban J connectivity index is 2.22. The van der Waals surface area contributed by atoms with Crippen LogP contribution in [0.5, 0.6) is 0 Å². The third-order valence-corrected chi connectivity index (χ3v) is 3.20. The highest BCUT2D eigenvalue weighted by atomic mass is 79.9. The molecule has 84 valence electrons. The van der Waals surface area contributed by atoms with Gasteiger partial charge in [0.2, 0.25) is 0 Å². The minimum Gasteiger partial charge on any atom is -0.361 e. The van der Waals surface area contributed by atoms with Gasteiger partial charge in [0.05, 0.1) is 0 Å². The number of H-pyrrole nitrogens is 1. The van der Waals surface area contributed by atoms with Crippen LogP contribution in [0.2, 0.25) is 0 Å². The molecule has 0 saturated carbocycles. The Morgan fingerprint density at radius 2 is 2.00 bits per heavy atom. The standard InChI is InChI=1S/C14H11BrN2/c15-10-8-12(11-5-7-17-14(11)9-10)13-4-2-1-3-6-16-13/h1-9,16-17H. The van der Waals surface area contributed by atoms with E-state index in [1.54, 1.807) is 0 Å². The zero-order chi connectivity index (χ0) is 11.7. The SMILES string of the molecule is Brc1cc(C2=CC=CC=CN2)c2cc[nH]c2c1. The predicted molar refractivity (Wildman–Crippen MR) is 75.4 cm³/mol. The van der Waals surface area contributed by atoms with Crippen molar-refractivity contribution < 1.29 is 0 Å². The second-order valence-corrected chi connectivity index (χ2v) is 4.78. The van der Waals surface area contributed by atoms with Crippen molar-refractivity contribution in [1.29, 1.82) is 0 Å². The number of fused-ring (bicyclic) bond motifs is 1. The van der Waals surface area contributed by atoms with Gasteiger partial charge < -0.3 is 10.3 Å². The van der Waals surface area contributed by atoms with Gasteiger partial charge in [-0.05, 0) is 30.4 Å². The molecule has 0 spiro atoms. The molecular weight excluding hydrogens is 276 g/mol. The van der Waals surface area contributed by atoms with Crippen molar-refractivity contribution in [2.75, 3.05) is 0 Å². The molecule has 1 aromatic carbocycles. The van der Waals surface area contributed by atoms with Crippen molar-refractivity contribution in [3.05, 3.63) is 64.9 Å². The summed E-state index contributed by atoms with van der Waals surface area (Å²) in [4.78, 5) is 3.23. The van der Waals surface area contributed by atoms with Crippen LogP contribution < -0.4 is 5.32 Å². The first-order chi connectivity index (χ1) is 8.34. The molecule has 0 radical (unpaired) electrons. The molecule has 0 atom stereocenters. The molecule has 1 aliphatic heterocycles. The van der Waals surface area contributed by atoms with Gasteiger partial charge in [-0.1, -0.05) is 28.1 Å². The van der Waals surface area contributed by atoms with E-state index >= 15 is 0 Å². The van der Waals surface area contributed by atoms with Gasteiger partial charge in [0, 0.05) is 39.0 Å². The van der Waals surface area contributed by atoms with E-state index in [9.17, 15) is 0 Å². The number of rotatable bonds is 1. The molecule has 3 rings (SSSR count). The molecule has 0 saturated heterocycles. The first-order valence-corrected chi connectivity index (χ1v) is 6.21. The molecule has 1 aromatic heterocycles. The van der Waals surface area contributed by atoms with Gasteiger partial charge in [-0.3, -0.25) is 0 Å². The number of halogens is 1. The summed E-state index contributed by atoms with van der Waals surface area (Å²) in [7, 11) is 0. The molecule has 0 fully saturated rings. The van der Waals surface area contributed by atoms with Crippen LogP contribution in [-0.4, -0.2) is 4.98 Å². The average Bonchev–Trinajstić information content (AvgIpc) is 2.62. The highest BCUT2D eigenvalue weighted by Gasteiger charge is 2.08. The second kappa shape index (κ2) is 4.26. The van der Waals surface area contributed by atoms with Gasteiger partial charge >= 0.3 is 0 Å². The zero-order valence-electron chi connectivity index (χ0n) is 9.07. The fourth-order valence-electron chi connectivity index (χ4n) is 1.98. The Morgan fingerprint density at radius 3 is 2.94 bits per heavy atom. The highest BCUT2D eigenvalue weighted by molar-refractivity contribution is 9.10. The molecule has 2 nitrogen and oxygen atoms in total. The van der Waals surface area contributed by atoms with Crippen LogP contribution in [-0.2, 0) is 0 Å². The lowest BCUT2D eigenvalue weighted by Gasteiger charge is -2.09. The Morgan fingerprint density at radius 1 is 1.06 bits per heavy atom. The Labute approximate surface area is 108 Å². The summed E-state index contributed by atoms with van der Waals surface area (Å²) in [5.41, 5.74) is 3.42. The van der Waals surface area contributed by atoms with Gasteiger partial charge in [-0.2, -0.15) is 0 Å². The Bertz CT molecular complexity index is 647. The number of aromatic amines is 1. The molecule has 2 aromatic rings. The van der Waals surface area contributed by atoms with Crippen LogP contribution >= 0.6 is 15.9 Å². The number of hydrogen-bond acceptors (Lipinski definition) is 1. The molecule has 17 heavy (non-hydrogen) atoms. The smallest absolute Gasteiger partial charge is 0.0472 e. The van der Waals surface area contributed by atoms with Crippen LogP contribution in [0.4, 0.5) is 0 Å². The maximum atomic E-state index is 3.54. The maximum Gasteiger partial charge on any atom is 0.0472 e. The zero-order valence-corrected chi connectivity index (χ0v) is 10.7. The second-order valence-electron chi connectivity index (χ2n) is 3.86. The van der Waals surface area contributed by atoms with Gasteiger partial charge in [0.1, 0.15) is 0 Å². The van der Waals surface area contributed by atoms with E-state index < -0.39 is 0 Å². The molecule has 3 heteroatoms. The minimum atomic E-state index is 1.07. The van der Waals surface area contributed by atoms with Crippen LogP contribution in [0, 0.1) is 0 Å². The van der Waals surface area contributed by atoms with Gasteiger partial charge in [0.15, 0.2) is 0 Å². The van der Waals surface area contributed by atoms with Crippen LogP contribution in [0.15, 0.2) is 59.4 Å². The largest absolute Gasteiger partial charge is 0.361 e. The summed E-state index contributed by atoms with van der Waals surface area (Å²) in [5, 5.41) is 4.51. The molecule has 0 bridgehead atoms. The molecule has 1 aliphatic rings. The van der Waals surface area contributed by atoms with Crippen molar-refractivity contribution in [2.45, 2.75) is 0 Å². The number of allylic oxidation sites excluding steroid dienone is 4. The third kappa shape index (κ3) is 1.94. The van der Waals surface area contributed by atoms with E-state index in [-0.39, 0.29) is 0 Å². The topological polar surface area (TPSA) is 27.8 Å². The molecular formula is C14H11BrN2. The summed E-state index contributed by atoms with van der Waals surface area (Å²) < 4.78 is 1.07. The van der Waals surface area contributed by atoms with Crippen molar-refractivity contribution in [3.8, 4) is 0 Å². The highest BCUT2D eigenvalue weighted by Crippen LogP contribution is 2.28. The molecule has 0 aliphatic carbocycles. The number of hydrogen-bond donors (Lipinski definition) is 2. The Hall–Kier alpha value is -1.74. The molecule has 2 heterocycles. The lowest BCUT2D eigenvalue weighted by molar-refractivity contribution is 1.23. The molecule has 2 N–H and O–H groups in total. The monoisotopic (exact) mass is 286 g/mol. The summed E-state index contributed by atoms with van der Waals surface area (Å²) >= 11 is 3.54. The van der Waals surface area contributed by atoms with E-state index in [1.807, 2.05) is 30.6 Å². The maximum absolute atomic E-state index is 3.54. The van der Waals surface area contributed by atoms with Crippen LogP contribution in [0.3, 0.4) is 0 Å². The minimum absolute atomic E-state index is 1.07. The van der Waals surface area contributed by atoms with Crippen molar-refractivity contribution in [2.24, 2.45) is 0 Å².